The van der Waals surface area contributed by atoms with Gasteiger partial charge in [-0.3, -0.25) is 4.79 Å². The molecule has 1 aliphatic rings. The highest BCUT2D eigenvalue weighted by molar-refractivity contribution is 5.92. The first-order chi connectivity index (χ1) is 8.70. The summed E-state index contributed by atoms with van der Waals surface area (Å²) >= 11 is 0. The van der Waals surface area contributed by atoms with Crippen molar-refractivity contribution in [1.82, 2.24) is 15.2 Å². The maximum Gasteiger partial charge on any atom is 0.289 e. The molecular weight excluding hydrogens is 230 g/mol. The van der Waals surface area contributed by atoms with Crippen LogP contribution in [0, 0.1) is 6.92 Å². The van der Waals surface area contributed by atoms with Gasteiger partial charge in [-0.1, -0.05) is 6.92 Å². The fourth-order valence-electron chi connectivity index (χ4n) is 2.23. The Hall–Kier alpha value is -1.36. The third kappa shape index (κ3) is 3.10. The quantitative estimate of drug-likeness (QED) is 0.858. The van der Waals surface area contributed by atoms with E-state index in [1.165, 1.54) is 12.8 Å². The van der Waals surface area contributed by atoms with E-state index in [9.17, 15) is 4.79 Å². The topological polar surface area (TPSA) is 58.4 Å². The van der Waals surface area contributed by atoms with E-state index in [2.05, 4.69) is 15.2 Å². The van der Waals surface area contributed by atoms with Crippen LogP contribution in [0.25, 0.3) is 0 Å². The van der Waals surface area contributed by atoms with Crippen LogP contribution in [0.1, 0.15) is 41.9 Å². The van der Waals surface area contributed by atoms with E-state index < -0.39 is 0 Å². The third-order valence-electron chi connectivity index (χ3n) is 3.26. The average Bonchev–Trinajstić information content (AvgIpc) is 2.98. The number of oxazole rings is 1. The third-order valence-corrected chi connectivity index (χ3v) is 3.26. The Morgan fingerprint density at radius 3 is 2.78 bits per heavy atom. The molecule has 5 heteroatoms. The van der Waals surface area contributed by atoms with E-state index in [1.807, 2.05) is 6.92 Å². The number of amides is 1. The first-order valence-electron chi connectivity index (χ1n) is 6.67. The number of likely N-dealkylation sites (tertiary alicyclic amines) is 1. The zero-order valence-electron chi connectivity index (χ0n) is 11.2. The first-order valence-corrected chi connectivity index (χ1v) is 6.67. The van der Waals surface area contributed by atoms with Crippen LogP contribution in [0.5, 0.6) is 0 Å². The summed E-state index contributed by atoms with van der Waals surface area (Å²) in [5, 5.41) is 2.89. The first kappa shape index (κ1) is 13.1. The lowest BCUT2D eigenvalue weighted by Gasteiger charge is -2.14. The van der Waals surface area contributed by atoms with Crippen LogP contribution >= 0.6 is 0 Å². The standard InChI is InChI=1S/C13H21N3O2/c1-3-11-15-10(2)12(18-11)13(17)14-6-9-16-7-4-5-8-16/h3-9H2,1-2H3,(H,14,17). The van der Waals surface area contributed by atoms with Gasteiger partial charge in [0.2, 0.25) is 5.76 Å². The van der Waals surface area contributed by atoms with Gasteiger partial charge in [0, 0.05) is 19.5 Å². The number of carbonyl (C=O) groups is 1. The number of aryl methyl sites for hydroxylation is 2. The van der Waals surface area contributed by atoms with Crippen LogP contribution in [-0.2, 0) is 6.42 Å². The maximum atomic E-state index is 11.9. The highest BCUT2D eigenvalue weighted by atomic mass is 16.4. The number of rotatable bonds is 5. The van der Waals surface area contributed by atoms with Crippen LogP contribution in [0.4, 0.5) is 0 Å². The molecule has 2 rings (SSSR count). The molecule has 0 radical (unpaired) electrons. The van der Waals surface area contributed by atoms with E-state index in [0.717, 1.165) is 19.6 Å². The van der Waals surface area contributed by atoms with Gasteiger partial charge in [-0.25, -0.2) is 4.98 Å². The van der Waals surface area contributed by atoms with E-state index in [0.29, 0.717) is 30.3 Å². The molecule has 0 bridgehead atoms. The van der Waals surface area contributed by atoms with Gasteiger partial charge in [0.05, 0.1) is 5.69 Å². The Labute approximate surface area is 108 Å². The van der Waals surface area contributed by atoms with Crippen LogP contribution in [0.15, 0.2) is 4.42 Å². The largest absolute Gasteiger partial charge is 0.435 e. The molecule has 18 heavy (non-hydrogen) atoms. The zero-order chi connectivity index (χ0) is 13.0. The molecule has 1 fully saturated rings. The number of aromatic nitrogens is 1. The normalized spacial score (nSPS) is 16.1. The summed E-state index contributed by atoms with van der Waals surface area (Å²) in [6.07, 6.45) is 3.26. The van der Waals surface area contributed by atoms with Crippen molar-refractivity contribution in [3.05, 3.63) is 17.3 Å². The molecular formula is C13H21N3O2. The Morgan fingerprint density at radius 2 is 2.17 bits per heavy atom. The lowest BCUT2D eigenvalue weighted by atomic mass is 10.3. The molecule has 5 nitrogen and oxygen atoms in total. The Balaban J connectivity index is 1.81. The highest BCUT2D eigenvalue weighted by Gasteiger charge is 2.17. The van der Waals surface area contributed by atoms with E-state index in [1.54, 1.807) is 6.92 Å². The highest BCUT2D eigenvalue weighted by Crippen LogP contribution is 2.10. The van der Waals surface area contributed by atoms with E-state index in [4.69, 9.17) is 4.42 Å². The van der Waals surface area contributed by atoms with Crippen molar-refractivity contribution in [2.75, 3.05) is 26.2 Å². The average molecular weight is 251 g/mol. The van der Waals surface area contributed by atoms with Gasteiger partial charge >= 0.3 is 0 Å². The van der Waals surface area contributed by atoms with Crippen molar-refractivity contribution in [2.45, 2.75) is 33.1 Å². The van der Waals surface area contributed by atoms with Gasteiger partial charge in [-0.2, -0.15) is 0 Å². The lowest BCUT2D eigenvalue weighted by Crippen LogP contribution is -2.33. The molecule has 0 aliphatic carbocycles. The molecule has 0 aromatic carbocycles. The van der Waals surface area contributed by atoms with E-state index >= 15 is 0 Å². The summed E-state index contributed by atoms with van der Waals surface area (Å²) in [7, 11) is 0. The van der Waals surface area contributed by atoms with Gasteiger partial charge in [-0.05, 0) is 32.9 Å². The van der Waals surface area contributed by atoms with Gasteiger partial charge in [0.25, 0.3) is 5.91 Å². The predicted molar refractivity (Wildman–Crippen MR) is 68.6 cm³/mol. The van der Waals surface area contributed by atoms with Crippen LogP contribution in [0.2, 0.25) is 0 Å². The second-order valence-electron chi connectivity index (χ2n) is 4.68. The number of carbonyl (C=O) groups excluding carboxylic acids is 1. The fraction of sp³-hybridized carbons (Fsp3) is 0.692. The van der Waals surface area contributed by atoms with Crippen LogP contribution in [0.3, 0.4) is 0 Å². The summed E-state index contributed by atoms with van der Waals surface area (Å²) in [4.78, 5) is 18.5. The Morgan fingerprint density at radius 1 is 1.44 bits per heavy atom. The molecule has 0 spiro atoms. The second kappa shape index (κ2) is 6.00. The summed E-state index contributed by atoms with van der Waals surface area (Å²) in [6, 6.07) is 0. The predicted octanol–water partition coefficient (Wildman–Crippen LogP) is 1.37. The molecule has 1 aliphatic heterocycles. The maximum absolute atomic E-state index is 11.9. The monoisotopic (exact) mass is 251 g/mol. The molecule has 0 atom stereocenters. The minimum atomic E-state index is -0.154. The Bertz CT molecular complexity index is 408. The molecule has 1 saturated heterocycles. The van der Waals surface area contributed by atoms with Gasteiger partial charge in [0.1, 0.15) is 0 Å². The molecule has 2 heterocycles. The van der Waals surface area contributed by atoms with Crippen molar-refractivity contribution in [2.24, 2.45) is 0 Å². The molecule has 1 aromatic heterocycles. The summed E-state index contributed by atoms with van der Waals surface area (Å²) in [5.41, 5.74) is 0.672. The molecule has 1 amide bonds. The minimum Gasteiger partial charge on any atom is -0.435 e. The number of hydrogen-bond donors (Lipinski definition) is 1. The van der Waals surface area contributed by atoms with Crippen LogP contribution in [-0.4, -0.2) is 42.0 Å². The molecule has 1 aromatic rings. The van der Waals surface area contributed by atoms with Gasteiger partial charge < -0.3 is 14.6 Å². The minimum absolute atomic E-state index is 0.154. The molecule has 0 saturated carbocycles. The summed E-state index contributed by atoms with van der Waals surface area (Å²) in [5.74, 6) is 0.823. The second-order valence-corrected chi connectivity index (χ2v) is 4.68. The SMILES string of the molecule is CCc1nc(C)c(C(=O)NCCN2CCCC2)o1. The Kier molecular flexibility index (Phi) is 4.36. The molecule has 0 unspecified atom stereocenters. The van der Waals surface area contributed by atoms with Crippen molar-refractivity contribution in [3.8, 4) is 0 Å². The van der Waals surface area contributed by atoms with E-state index in [-0.39, 0.29) is 5.91 Å². The number of hydrogen-bond acceptors (Lipinski definition) is 4. The van der Waals surface area contributed by atoms with Crippen molar-refractivity contribution in [3.63, 3.8) is 0 Å². The van der Waals surface area contributed by atoms with Crippen molar-refractivity contribution >= 4 is 5.91 Å². The molecule has 100 valence electrons. The lowest BCUT2D eigenvalue weighted by molar-refractivity contribution is 0.0919. The van der Waals surface area contributed by atoms with Gasteiger partial charge in [0.15, 0.2) is 5.89 Å². The molecule has 1 N–H and O–H groups in total. The van der Waals surface area contributed by atoms with Crippen LogP contribution < -0.4 is 5.32 Å². The smallest absolute Gasteiger partial charge is 0.289 e. The van der Waals surface area contributed by atoms with Crippen molar-refractivity contribution in [1.29, 1.82) is 0 Å². The number of nitrogens with zero attached hydrogens (tertiary/aromatic N) is 2. The summed E-state index contributed by atoms with van der Waals surface area (Å²) in [6.45, 7) is 7.65. The fourth-order valence-corrected chi connectivity index (χ4v) is 2.23. The number of nitrogens with one attached hydrogen (secondary N) is 1. The summed E-state index contributed by atoms with van der Waals surface area (Å²) < 4.78 is 5.41. The van der Waals surface area contributed by atoms with Gasteiger partial charge in [-0.15, -0.1) is 0 Å². The zero-order valence-corrected chi connectivity index (χ0v) is 11.2. The van der Waals surface area contributed by atoms with Crippen molar-refractivity contribution < 1.29 is 9.21 Å².